The fourth-order valence-corrected chi connectivity index (χ4v) is 1.81. The smallest absolute Gasteiger partial charge is 0.326 e. The molecule has 1 rings (SSSR count). The van der Waals surface area contributed by atoms with Gasteiger partial charge >= 0.3 is 5.97 Å². The number of amides is 1. The second-order valence-electron chi connectivity index (χ2n) is 3.40. The summed E-state index contributed by atoms with van der Waals surface area (Å²) in [6.07, 6.45) is 0.312. The topological polar surface area (TPSA) is 66.4 Å². The van der Waals surface area contributed by atoms with E-state index in [0.29, 0.717) is 10.9 Å². The lowest BCUT2D eigenvalue weighted by molar-refractivity contribution is -0.139. The van der Waals surface area contributed by atoms with Gasteiger partial charge < -0.3 is 10.4 Å². The number of aliphatic carboxylic acids is 1. The van der Waals surface area contributed by atoms with E-state index in [-0.39, 0.29) is 10.6 Å². The zero-order chi connectivity index (χ0) is 13.0. The van der Waals surface area contributed by atoms with E-state index in [1.54, 1.807) is 25.1 Å². The van der Waals surface area contributed by atoms with E-state index >= 15 is 0 Å². The van der Waals surface area contributed by atoms with E-state index in [1.807, 2.05) is 0 Å². The van der Waals surface area contributed by atoms with E-state index in [9.17, 15) is 9.59 Å². The molecule has 4 nitrogen and oxygen atoms in total. The van der Waals surface area contributed by atoms with Crippen molar-refractivity contribution in [3.8, 4) is 0 Å². The molecule has 0 aliphatic heterocycles. The van der Waals surface area contributed by atoms with E-state index < -0.39 is 17.9 Å². The van der Waals surface area contributed by atoms with Crippen LogP contribution < -0.4 is 5.32 Å². The van der Waals surface area contributed by atoms with Crippen molar-refractivity contribution >= 4 is 39.4 Å². The van der Waals surface area contributed by atoms with Gasteiger partial charge in [-0.25, -0.2) is 4.79 Å². The van der Waals surface area contributed by atoms with E-state index in [0.717, 1.165) is 0 Å². The fraction of sp³-hybridized carbons (Fsp3) is 0.273. The quantitative estimate of drug-likeness (QED) is 0.896. The lowest BCUT2D eigenvalue weighted by Gasteiger charge is -2.13. The Balaban J connectivity index is 2.89. The van der Waals surface area contributed by atoms with E-state index in [4.69, 9.17) is 16.7 Å². The molecule has 17 heavy (non-hydrogen) atoms. The van der Waals surface area contributed by atoms with E-state index in [1.165, 1.54) is 0 Å². The number of benzene rings is 1. The van der Waals surface area contributed by atoms with Gasteiger partial charge in [-0.15, -0.1) is 0 Å². The Bertz CT molecular complexity index is 450. The minimum atomic E-state index is -1.06. The summed E-state index contributed by atoms with van der Waals surface area (Å²) in [5.41, 5.74) is 0.251. The summed E-state index contributed by atoms with van der Waals surface area (Å²) in [6, 6.07) is 3.92. The van der Waals surface area contributed by atoms with Crippen LogP contribution in [0.1, 0.15) is 23.7 Å². The van der Waals surface area contributed by atoms with Crippen molar-refractivity contribution in [3.05, 3.63) is 33.3 Å². The predicted molar refractivity (Wildman–Crippen MR) is 68.3 cm³/mol. The standard InChI is InChI=1S/C11H11BrClNO3/c1-2-9(11(16)17)14-10(15)7-5-6(12)3-4-8(7)13/h3-5,9H,2H2,1H3,(H,14,15)(H,16,17)/t9-/m1/s1. The average molecular weight is 321 g/mol. The normalized spacial score (nSPS) is 11.9. The first-order chi connectivity index (χ1) is 7.95. The Hall–Kier alpha value is -1.07. The number of carboxylic acid groups (broad SMARTS) is 1. The Kier molecular flexibility index (Phi) is 4.96. The number of carboxylic acids is 1. The third kappa shape index (κ3) is 3.71. The maximum atomic E-state index is 11.8. The van der Waals surface area contributed by atoms with Gasteiger partial charge in [-0.1, -0.05) is 34.5 Å². The molecule has 0 unspecified atom stereocenters. The molecule has 6 heteroatoms. The van der Waals surface area contributed by atoms with Gasteiger partial charge in [-0.3, -0.25) is 4.79 Å². The zero-order valence-electron chi connectivity index (χ0n) is 9.04. The van der Waals surface area contributed by atoms with Gasteiger partial charge in [-0.05, 0) is 24.6 Å². The predicted octanol–water partition coefficient (Wildman–Crippen LogP) is 2.70. The van der Waals surface area contributed by atoms with Crippen molar-refractivity contribution in [2.75, 3.05) is 0 Å². The van der Waals surface area contributed by atoms with Crippen LogP contribution in [0.2, 0.25) is 5.02 Å². The second kappa shape index (κ2) is 6.02. The van der Waals surface area contributed by atoms with Crippen molar-refractivity contribution in [2.45, 2.75) is 19.4 Å². The number of hydrogen-bond acceptors (Lipinski definition) is 2. The molecule has 0 aliphatic carbocycles. The van der Waals surface area contributed by atoms with Crippen LogP contribution in [0.4, 0.5) is 0 Å². The van der Waals surface area contributed by atoms with Crippen LogP contribution in [0, 0.1) is 0 Å². The molecule has 1 atom stereocenters. The first-order valence-corrected chi connectivity index (χ1v) is 6.11. The monoisotopic (exact) mass is 319 g/mol. The molecule has 0 aliphatic rings. The van der Waals surface area contributed by atoms with Crippen molar-refractivity contribution in [1.29, 1.82) is 0 Å². The lowest BCUT2D eigenvalue weighted by atomic mass is 10.1. The molecule has 92 valence electrons. The highest BCUT2D eigenvalue weighted by Gasteiger charge is 2.19. The Labute approximate surface area is 112 Å². The van der Waals surface area contributed by atoms with Crippen LogP contribution in [0.5, 0.6) is 0 Å². The molecule has 0 aromatic heterocycles. The maximum absolute atomic E-state index is 11.8. The summed E-state index contributed by atoms with van der Waals surface area (Å²) in [5, 5.41) is 11.5. The molecule has 1 aromatic rings. The third-order valence-corrected chi connectivity index (χ3v) is 3.01. The largest absolute Gasteiger partial charge is 0.480 e. The molecule has 0 fully saturated rings. The summed E-state index contributed by atoms with van der Waals surface area (Å²) in [6.45, 7) is 1.68. The van der Waals surface area contributed by atoms with Crippen LogP contribution in [-0.4, -0.2) is 23.0 Å². The zero-order valence-corrected chi connectivity index (χ0v) is 11.4. The molecular formula is C11H11BrClNO3. The summed E-state index contributed by atoms with van der Waals surface area (Å²) in [4.78, 5) is 22.6. The summed E-state index contributed by atoms with van der Waals surface area (Å²) >= 11 is 9.09. The highest BCUT2D eigenvalue weighted by atomic mass is 79.9. The molecule has 0 spiro atoms. The number of halogens is 2. The van der Waals surface area contributed by atoms with Crippen molar-refractivity contribution < 1.29 is 14.7 Å². The van der Waals surface area contributed by atoms with Gasteiger partial charge in [0.25, 0.3) is 5.91 Å². The number of carbonyl (C=O) groups is 2. The molecule has 2 N–H and O–H groups in total. The molecule has 0 heterocycles. The number of nitrogens with one attached hydrogen (secondary N) is 1. The van der Waals surface area contributed by atoms with Crippen LogP contribution in [0.25, 0.3) is 0 Å². The van der Waals surface area contributed by atoms with Crippen LogP contribution in [0.15, 0.2) is 22.7 Å². The van der Waals surface area contributed by atoms with Gasteiger partial charge in [0.2, 0.25) is 0 Å². The third-order valence-electron chi connectivity index (χ3n) is 2.18. The molecule has 1 aromatic carbocycles. The minimum Gasteiger partial charge on any atom is -0.480 e. The van der Waals surface area contributed by atoms with Crippen LogP contribution >= 0.6 is 27.5 Å². The maximum Gasteiger partial charge on any atom is 0.326 e. The highest BCUT2D eigenvalue weighted by molar-refractivity contribution is 9.10. The van der Waals surface area contributed by atoms with Crippen LogP contribution in [-0.2, 0) is 4.79 Å². The molecule has 0 saturated heterocycles. The first kappa shape index (κ1) is 14.0. The molecule has 1 amide bonds. The molecule has 0 saturated carbocycles. The Morgan fingerprint density at radius 1 is 1.53 bits per heavy atom. The SMILES string of the molecule is CC[C@@H](NC(=O)c1cc(Br)ccc1Cl)C(=O)O. The van der Waals surface area contributed by atoms with Crippen LogP contribution in [0.3, 0.4) is 0 Å². The van der Waals surface area contributed by atoms with Gasteiger partial charge in [-0.2, -0.15) is 0 Å². The number of hydrogen-bond donors (Lipinski definition) is 2. The van der Waals surface area contributed by atoms with Crippen molar-refractivity contribution in [3.63, 3.8) is 0 Å². The molecule has 0 radical (unpaired) electrons. The average Bonchev–Trinajstić information content (AvgIpc) is 2.28. The van der Waals surface area contributed by atoms with Gasteiger partial charge in [0.1, 0.15) is 6.04 Å². The fourth-order valence-electron chi connectivity index (χ4n) is 1.25. The highest BCUT2D eigenvalue weighted by Crippen LogP contribution is 2.21. The van der Waals surface area contributed by atoms with Gasteiger partial charge in [0.15, 0.2) is 0 Å². The van der Waals surface area contributed by atoms with Gasteiger partial charge in [0.05, 0.1) is 10.6 Å². The Morgan fingerprint density at radius 3 is 2.71 bits per heavy atom. The number of carbonyl (C=O) groups excluding carboxylic acids is 1. The number of rotatable bonds is 4. The van der Waals surface area contributed by atoms with Crippen molar-refractivity contribution in [2.24, 2.45) is 0 Å². The minimum absolute atomic E-state index is 0.251. The van der Waals surface area contributed by atoms with E-state index in [2.05, 4.69) is 21.2 Å². The lowest BCUT2D eigenvalue weighted by Crippen LogP contribution is -2.40. The summed E-state index contributed by atoms with van der Waals surface area (Å²) in [7, 11) is 0. The Morgan fingerprint density at radius 2 is 2.18 bits per heavy atom. The first-order valence-electron chi connectivity index (χ1n) is 4.94. The van der Waals surface area contributed by atoms with Crippen molar-refractivity contribution in [1.82, 2.24) is 5.32 Å². The summed E-state index contributed by atoms with van der Waals surface area (Å²) < 4.78 is 0.704. The second-order valence-corrected chi connectivity index (χ2v) is 4.72. The summed E-state index contributed by atoms with van der Waals surface area (Å²) in [5.74, 6) is -1.56. The van der Waals surface area contributed by atoms with Gasteiger partial charge in [0, 0.05) is 4.47 Å². The molecule has 0 bridgehead atoms. The molecular weight excluding hydrogens is 309 g/mol.